The minimum atomic E-state index is -0.556. The Labute approximate surface area is 499 Å². The monoisotopic (exact) mass is 1150 g/mol. The number of hydrogen-bond donors (Lipinski definition) is 2. The first-order valence-electron chi connectivity index (χ1n) is 27.6. The van der Waals surface area contributed by atoms with Gasteiger partial charge in [0.1, 0.15) is 23.0 Å². The molecular formula is C72H78Cl2N2O4Ti. The number of aromatic hydroxyl groups is 2. The van der Waals surface area contributed by atoms with E-state index in [-0.39, 0.29) is 22.3 Å². The summed E-state index contributed by atoms with van der Waals surface area (Å²) in [4.78, 5) is 9.45. The van der Waals surface area contributed by atoms with Gasteiger partial charge in [-0.2, -0.15) is 0 Å². The number of unbranched alkanes of at least 4 members (excludes halogenated alkanes) is 2. The molecule has 0 radical (unpaired) electrons. The van der Waals surface area contributed by atoms with Crippen LogP contribution in [0.5, 0.6) is 23.0 Å². The molecule has 0 aliphatic rings. The van der Waals surface area contributed by atoms with E-state index in [1.807, 2.05) is 109 Å². The fourth-order valence-electron chi connectivity index (χ4n) is 9.63. The van der Waals surface area contributed by atoms with Crippen LogP contribution in [0.3, 0.4) is 0 Å². The van der Waals surface area contributed by atoms with Gasteiger partial charge in [-0.15, -0.1) is 13.2 Å². The zero-order valence-corrected chi connectivity index (χ0v) is 51.4. The van der Waals surface area contributed by atoms with Crippen LogP contribution in [-0.2, 0) is 38.7 Å². The first kappa shape index (κ1) is 63.3. The van der Waals surface area contributed by atoms with Crippen molar-refractivity contribution in [3.05, 3.63) is 275 Å². The summed E-state index contributed by atoms with van der Waals surface area (Å²) in [7, 11) is 9.78. The van der Waals surface area contributed by atoms with Crippen LogP contribution in [0, 0.1) is 0 Å². The van der Waals surface area contributed by atoms with Crippen molar-refractivity contribution in [2.75, 3.05) is 13.2 Å². The molecule has 81 heavy (non-hydrogen) atoms. The first-order valence-corrected chi connectivity index (χ1v) is 31.9. The van der Waals surface area contributed by atoms with Crippen LogP contribution in [0.2, 0.25) is 0 Å². The summed E-state index contributed by atoms with van der Waals surface area (Å²) in [5.74, 6) is 2.14. The molecule has 0 atom stereocenters. The third-order valence-corrected chi connectivity index (χ3v) is 15.1. The fraction of sp³-hybridized carbons (Fsp3) is 0.250. The Kier molecular flexibility index (Phi) is 23.6. The van der Waals surface area contributed by atoms with Crippen molar-refractivity contribution in [3.8, 4) is 23.0 Å². The van der Waals surface area contributed by atoms with Crippen LogP contribution in [0.4, 0.5) is 11.4 Å². The molecule has 2 N–H and O–H groups in total. The van der Waals surface area contributed by atoms with Crippen LogP contribution in [0.1, 0.15) is 137 Å². The molecule has 8 aromatic rings. The number of allylic oxidation sites excluding steroid dienone is 2. The number of rotatable bonds is 22. The van der Waals surface area contributed by atoms with E-state index in [2.05, 4.69) is 166 Å². The van der Waals surface area contributed by atoms with Gasteiger partial charge in [0.05, 0.1) is 24.6 Å². The van der Waals surface area contributed by atoms with Gasteiger partial charge < -0.3 is 19.7 Å². The molecule has 0 unspecified atom stereocenters. The van der Waals surface area contributed by atoms with Gasteiger partial charge in [-0.05, 0) is 120 Å². The Morgan fingerprint density at radius 2 is 0.704 bits per heavy atom. The first-order chi connectivity index (χ1) is 38.9. The quantitative estimate of drug-likeness (QED) is 0.0307. The number of phenolic OH excluding ortho intramolecular Hbond substituents is 2. The number of benzene rings is 8. The van der Waals surface area contributed by atoms with Gasteiger partial charge in [-0.1, -0.05) is 201 Å². The molecule has 0 saturated heterocycles. The van der Waals surface area contributed by atoms with Gasteiger partial charge in [0.25, 0.3) is 0 Å². The van der Waals surface area contributed by atoms with Crippen molar-refractivity contribution in [3.63, 3.8) is 0 Å². The van der Waals surface area contributed by atoms with Crippen molar-refractivity contribution in [1.29, 1.82) is 0 Å². The molecular weight excluding hydrogens is 1080 g/mol. The topological polar surface area (TPSA) is 83.6 Å². The molecule has 0 saturated carbocycles. The molecule has 0 bridgehead atoms. The Hall–Kier alpha value is -6.93. The Morgan fingerprint density at radius 1 is 0.420 bits per heavy atom. The number of aliphatic imine (C=N–C) groups is 2. The number of hydrogen-bond acceptors (Lipinski definition) is 6. The molecule has 0 amide bonds. The van der Waals surface area contributed by atoms with E-state index in [0.717, 1.165) is 81.9 Å². The molecule has 0 aliphatic carbocycles. The van der Waals surface area contributed by atoms with Gasteiger partial charge in [0, 0.05) is 56.3 Å². The molecule has 6 nitrogen and oxygen atoms in total. The number of ether oxygens (including phenoxy) is 2. The fourth-order valence-corrected chi connectivity index (χ4v) is 9.63. The van der Waals surface area contributed by atoms with E-state index in [1.165, 1.54) is 11.1 Å². The van der Waals surface area contributed by atoms with E-state index in [1.54, 1.807) is 12.4 Å². The predicted octanol–water partition coefficient (Wildman–Crippen LogP) is 19.7. The SMILES string of the molecule is C=CCCCOc1ccc(N=Cc2cc(C(C)(C)c3ccccc3)cc(C(C)(C)c3ccccc3)c2O)cc1.C=CCCCOc1ccc(N=Cc2cc(C(C)(C)c3ccccc3)cc(C(C)(C)c3ccccc3)c2O)cc1.[Cl][Ti][Cl]. The third-order valence-electron chi connectivity index (χ3n) is 15.1. The summed E-state index contributed by atoms with van der Waals surface area (Å²) in [6.07, 6.45) is 11.1. The molecule has 8 aromatic carbocycles. The maximum atomic E-state index is 11.6. The summed E-state index contributed by atoms with van der Waals surface area (Å²) < 4.78 is 11.6. The summed E-state index contributed by atoms with van der Waals surface area (Å²) in [5, 5.41) is 23.2. The maximum absolute atomic E-state index is 11.6. The van der Waals surface area contributed by atoms with Gasteiger partial charge in [0.2, 0.25) is 0 Å². The second-order valence-electron chi connectivity index (χ2n) is 22.0. The summed E-state index contributed by atoms with van der Waals surface area (Å²) in [5.41, 5.74) is 10.3. The molecule has 9 heteroatoms. The Bertz CT molecular complexity index is 3070. The average Bonchev–Trinajstić information content (AvgIpc) is 3.49. The predicted molar refractivity (Wildman–Crippen MR) is 339 cm³/mol. The third kappa shape index (κ3) is 17.1. The van der Waals surface area contributed by atoms with Crippen LogP contribution >= 0.6 is 18.6 Å². The molecule has 418 valence electrons. The van der Waals surface area contributed by atoms with Crippen molar-refractivity contribution in [2.45, 2.75) is 103 Å². The summed E-state index contributed by atoms with van der Waals surface area (Å²) >= 11 is -0.556. The normalized spacial score (nSPS) is 11.7. The van der Waals surface area contributed by atoms with Crippen LogP contribution in [0.25, 0.3) is 0 Å². The zero-order valence-electron chi connectivity index (χ0n) is 48.3. The molecule has 0 heterocycles. The van der Waals surface area contributed by atoms with Gasteiger partial charge in [0.15, 0.2) is 0 Å². The average molecular weight is 1150 g/mol. The van der Waals surface area contributed by atoms with E-state index >= 15 is 0 Å². The van der Waals surface area contributed by atoms with Crippen LogP contribution < -0.4 is 9.47 Å². The second kappa shape index (κ2) is 30.2. The van der Waals surface area contributed by atoms with Gasteiger partial charge in [-0.25, -0.2) is 0 Å². The van der Waals surface area contributed by atoms with Gasteiger partial charge >= 0.3 is 35.6 Å². The molecule has 0 aromatic heterocycles. The summed E-state index contributed by atoms with van der Waals surface area (Å²) in [6, 6.07) is 65.5. The van der Waals surface area contributed by atoms with Gasteiger partial charge in [-0.3, -0.25) is 9.98 Å². The molecule has 0 spiro atoms. The Balaban J connectivity index is 0.000000249. The van der Waals surface area contributed by atoms with Crippen LogP contribution in [0.15, 0.2) is 229 Å². The van der Waals surface area contributed by atoms with E-state index < -0.39 is 27.9 Å². The molecule has 0 fully saturated rings. The zero-order chi connectivity index (χ0) is 58.5. The van der Waals surface area contributed by atoms with Crippen LogP contribution in [-0.4, -0.2) is 35.9 Å². The number of phenols is 2. The van der Waals surface area contributed by atoms with E-state index in [4.69, 9.17) is 38.1 Å². The van der Waals surface area contributed by atoms with Crippen molar-refractivity contribution >= 4 is 42.4 Å². The molecule has 8 rings (SSSR count). The van der Waals surface area contributed by atoms with Crippen molar-refractivity contribution < 1.29 is 36.7 Å². The standard InChI is InChI=1S/2C36H39NO2.2ClH.Ti/c2*1-6-7-14-23-39-32-21-19-31(20-22-32)37-26-27-24-30(35(2,3)28-15-10-8-11-16-28)25-33(34(27)38)36(4,5)29-17-12-9-13-18-29;;;/h2*6,8-13,15-22,24-26,38H,1,7,14,23H2,2-5H3;2*1H;/q;;;;+2/p-2. The summed E-state index contributed by atoms with van der Waals surface area (Å²) in [6.45, 7) is 26.3. The molecule has 0 aliphatic heterocycles. The van der Waals surface area contributed by atoms with Crippen molar-refractivity contribution in [2.24, 2.45) is 9.98 Å². The second-order valence-corrected chi connectivity index (χ2v) is 24.6. The minimum absolute atomic E-state index is 0.252. The number of nitrogens with zero attached hydrogens (tertiary/aromatic N) is 2. The van der Waals surface area contributed by atoms with Crippen molar-refractivity contribution in [1.82, 2.24) is 0 Å². The Morgan fingerprint density at radius 3 is 0.988 bits per heavy atom. The number of halogens is 2. The van der Waals surface area contributed by atoms with E-state index in [0.29, 0.717) is 24.3 Å². The van der Waals surface area contributed by atoms with E-state index in [9.17, 15) is 10.2 Å².